The molecule has 17 heavy (non-hydrogen) atoms. The Morgan fingerprint density at radius 1 is 1.29 bits per heavy atom. The molecule has 0 aliphatic carbocycles. The highest BCUT2D eigenvalue weighted by Gasteiger charge is 2.25. The van der Waals surface area contributed by atoms with E-state index in [4.69, 9.17) is 9.84 Å². The number of nitrogens with zero attached hydrogens (tertiary/aromatic N) is 1. The molecule has 1 rings (SSSR count). The first-order valence-electron chi connectivity index (χ1n) is 6.77. The number of aliphatic hydroxyl groups is 1. The lowest BCUT2D eigenvalue weighted by molar-refractivity contribution is -0.139. The largest absolute Gasteiger partial charge is 0.395 e. The Labute approximate surface area is 104 Å². The summed E-state index contributed by atoms with van der Waals surface area (Å²) in [5.41, 5.74) is 0. The predicted octanol–water partition coefficient (Wildman–Crippen LogP) is 1.42. The molecule has 1 aliphatic heterocycles. The van der Waals surface area contributed by atoms with Gasteiger partial charge in [0, 0.05) is 32.2 Å². The maximum Gasteiger partial charge on any atom is 0.225 e. The molecule has 4 nitrogen and oxygen atoms in total. The highest BCUT2D eigenvalue weighted by Crippen LogP contribution is 2.18. The van der Waals surface area contributed by atoms with E-state index in [0.29, 0.717) is 19.8 Å². The van der Waals surface area contributed by atoms with Crippen LogP contribution in [0, 0.1) is 5.92 Å². The number of carbonyl (C=O) groups excluding carboxylic acids is 1. The van der Waals surface area contributed by atoms with Crippen LogP contribution < -0.4 is 0 Å². The van der Waals surface area contributed by atoms with Gasteiger partial charge < -0.3 is 14.7 Å². The monoisotopic (exact) mass is 243 g/mol. The van der Waals surface area contributed by atoms with Crippen LogP contribution in [0.15, 0.2) is 0 Å². The van der Waals surface area contributed by atoms with Crippen LogP contribution in [-0.2, 0) is 9.53 Å². The van der Waals surface area contributed by atoms with E-state index in [1.807, 2.05) is 4.90 Å². The summed E-state index contributed by atoms with van der Waals surface area (Å²) in [5, 5.41) is 9.02. The summed E-state index contributed by atoms with van der Waals surface area (Å²) in [4.78, 5) is 14.1. The molecule has 100 valence electrons. The summed E-state index contributed by atoms with van der Waals surface area (Å²) in [6.45, 7) is 4.85. The van der Waals surface area contributed by atoms with Gasteiger partial charge in [0.15, 0.2) is 0 Å². The molecule has 1 heterocycles. The smallest absolute Gasteiger partial charge is 0.225 e. The maximum atomic E-state index is 12.2. The molecule has 0 bridgehead atoms. The van der Waals surface area contributed by atoms with Gasteiger partial charge in [0.2, 0.25) is 5.91 Å². The minimum Gasteiger partial charge on any atom is -0.395 e. The second-order valence-corrected chi connectivity index (χ2v) is 4.64. The molecular weight excluding hydrogens is 218 g/mol. The first kappa shape index (κ1) is 14.5. The van der Waals surface area contributed by atoms with E-state index < -0.39 is 0 Å². The third-order valence-electron chi connectivity index (χ3n) is 3.28. The highest BCUT2D eigenvalue weighted by molar-refractivity contribution is 5.78. The minimum absolute atomic E-state index is 0.0566. The summed E-state index contributed by atoms with van der Waals surface area (Å²) in [5.74, 6) is 0.315. The summed E-state index contributed by atoms with van der Waals surface area (Å²) in [6, 6.07) is 0. The number of amides is 1. The maximum absolute atomic E-state index is 12.2. The van der Waals surface area contributed by atoms with E-state index in [9.17, 15) is 4.79 Å². The van der Waals surface area contributed by atoms with Crippen molar-refractivity contribution < 1.29 is 14.6 Å². The molecule has 1 aliphatic rings. The summed E-state index contributed by atoms with van der Waals surface area (Å²) in [7, 11) is 0. The van der Waals surface area contributed by atoms with Crippen LogP contribution in [0.4, 0.5) is 0 Å². The average molecular weight is 243 g/mol. The average Bonchev–Trinajstić information content (AvgIpc) is 2.38. The van der Waals surface area contributed by atoms with Gasteiger partial charge in [-0.25, -0.2) is 0 Å². The van der Waals surface area contributed by atoms with Crippen LogP contribution in [0.1, 0.15) is 39.0 Å². The molecule has 0 spiro atoms. The SMILES string of the molecule is CCCCCN(CCO)C(=O)C1CCOCC1. The number of unbranched alkanes of at least 4 members (excludes halogenated alkanes) is 2. The van der Waals surface area contributed by atoms with Gasteiger partial charge in [0.25, 0.3) is 0 Å². The normalized spacial score (nSPS) is 17.1. The quantitative estimate of drug-likeness (QED) is 0.688. The molecule has 0 radical (unpaired) electrons. The van der Waals surface area contributed by atoms with Crippen LogP contribution in [0.2, 0.25) is 0 Å². The van der Waals surface area contributed by atoms with Crippen molar-refractivity contribution >= 4 is 5.91 Å². The van der Waals surface area contributed by atoms with Crippen LogP contribution >= 0.6 is 0 Å². The summed E-state index contributed by atoms with van der Waals surface area (Å²) >= 11 is 0. The van der Waals surface area contributed by atoms with Crippen molar-refractivity contribution in [3.8, 4) is 0 Å². The number of aliphatic hydroxyl groups excluding tert-OH is 1. The third-order valence-corrected chi connectivity index (χ3v) is 3.28. The Morgan fingerprint density at radius 3 is 2.59 bits per heavy atom. The topological polar surface area (TPSA) is 49.8 Å². The van der Waals surface area contributed by atoms with Crippen LogP contribution in [0.5, 0.6) is 0 Å². The molecule has 1 saturated heterocycles. The number of rotatable bonds is 7. The van der Waals surface area contributed by atoms with Crippen molar-refractivity contribution in [2.45, 2.75) is 39.0 Å². The number of ether oxygens (including phenoxy) is 1. The van der Waals surface area contributed by atoms with E-state index >= 15 is 0 Å². The zero-order chi connectivity index (χ0) is 12.5. The van der Waals surface area contributed by atoms with E-state index in [2.05, 4.69) is 6.92 Å². The van der Waals surface area contributed by atoms with E-state index in [1.165, 1.54) is 0 Å². The Bertz CT molecular complexity index is 215. The molecule has 0 aromatic heterocycles. The first-order valence-corrected chi connectivity index (χ1v) is 6.77. The lowest BCUT2D eigenvalue weighted by atomic mass is 9.98. The number of carbonyl (C=O) groups is 1. The van der Waals surface area contributed by atoms with Gasteiger partial charge in [-0.1, -0.05) is 19.8 Å². The van der Waals surface area contributed by atoms with Crippen molar-refractivity contribution in [1.82, 2.24) is 4.90 Å². The number of hydrogen-bond donors (Lipinski definition) is 1. The zero-order valence-electron chi connectivity index (χ0n) is 10.9. The van der Waals surface area contributed by atoms with Gasteiger partial charge in [0.1, 0.15) is 0 Å². The van der Waals surface area contributed by atoms with Crippen molar-refractivity contribution in [2.24, 2.45) is 5.92 Å². The Balaban J connectivity index is 2.40. The van der Waals surface area contributed by atoms with Crippen molar-refractivity contribution in [3.63, 3.8) is 0 Å². The third kappa shape index (κ3) is 5.04. The van der Waals surface area contributed by atoms with Gasteiger partial charge in [-0.15, -0.1) is 0 Å². The van der Waals surface area contributed by atoms with Crippen molar-refractivity contribution in [3.05, 3.63) is 0 Å². The second-order valence-electron chi connectivity index (χ2n) is 4.64. The van der Waals surface area contributed by atoms with Gasteiger partial charge >= 0.3 is 0 Å². The Morgan fingerprint density at radius 2 is 2.00 bits per heavy atom. The fourth-order valence-corrected chi connectivity index (χ4v) is 2.21. The molecule has 4 heteroatoms. The van der Waals surface area contributed by atoms with Crippen molar-refractivity contribution in [1.29, 1.82) is 0 Å². The van der Waals surface area contributed by atoms with Gasteiger partial charge in [-0.05, 0) is 19.3 Å². The lowest BCUT2D eigenvalue weighted by Crippen LogP contribution is -2.40. The molecule has 0 saturated carbocycles. The zero-order valence-corrected chi connectivity index (χ0v) is 10.9. The lowest BCUT2D eigenvalue weighted by Gasteiger charge is -2.29. The second kappa shape index (κ2) is 8.48. The van der Waals surface area contributed by atoms with Crippen molar-refractivity contribution in [2.75, 3.05) is 32.9 Å². The fourth-order valence-electron chi connectivity index (χ4n) is 2.21. The molecule has 0 atom stereocenters. The van der Waals surface area contributed by atoms with Gasteiger partial charge in [0.05, 0.1) is 6.61 Å². The van der Waals surface area contributed by atoms with E-state index in [-0.39, 0.29) is 18.4 Å². The van der Waals surface area contributed by atoms with Crippen LogP contribution in [0.25, 0.3) is 0 Å². The molecule has 1 amide bonds. The van der Waals surface area contributed by atoms with Gasteiger partial charge in [-0.3, -0.25) is 4.79 Å². The Hall–Kier alpha value is -0.610. The van der Waals surface area contributed by atoms with Crippen LogP contribution in [0.3, 0.4) is 0 Å². The molecule has 0 unspecified atom stereocenters. The standard InChI is InChI=1S/C13H25NO3/c1-2-3-4-7-14(8-9-15)13(16)12-5-10-17-11-6-12/h12,15H,2-11H2,1H3. The molecule has 1 N–H and O–H groups in total. The van der Waals surface area contributed by atoms with Crippen LogP contribution in [-0.4, -0.2) is 48.8 Å². The number of hydrogen-bond acceptors (Lipinski definition) is 3. The summed E-state index contributed by atoms with van der Waals surface area (Å²) < 4.78 is 5.27. The first-order chi connectivity index (χ1) is 8.29. The fraction of sp³-hybridized carbons (Fsp3) is 0.923. The van der Waals surface area contributed by atoms with E-state index in [1.54, 1.807) is 0 Å². The van der Waals surface area contributed by atoms with Gasteiger partial charge in [-0.2, -0.15) is 0 Å². The summed E-state index contributed by atoms with van der Waals surface area (Å²) in [6.07, 6.45) is 4.98. The molecule has 0 aromatic carbocycles. The molecule has 0 aromatic rings. The minimum atomic E-state index is 0.0566. The molecular formula is C13H25NO3. The predicted molar refractivity (Wildman–Crippen MR) is 66.7 cm³/mol. The highest BCUT2D eigenvalue weighted by atomic mass is 16.5. The Kier molecular flexibility index (Phi) is 7.21. The van der Waals surface area contributed by atoms with E-state index in [0.717, 1.165) is 38.6 Å². The molecule has 1 fully saturated rings.